The lowest BCUT2D eigenvalue weighted by Gasteiger charge is -2.40. The first-order chi connectivity index (χ1) is 20.8. The quantitative estimate of drug-likeness (QED) is 0.414. The molecule has 1 saturated carbocycles. The van der Waals surface area contributed by atoms with E-state index in [1.165, 1.54) is 12.1 Å². The van der Waals surface area contributed by atoms with Crippen LogP contribution >= 0.6 is 11.6 Å². The third-order valence-corrected chi connectivity index (χ3v) is 10.3. The van der Waals surface area contributed by atoms with E-state index in [2.05, 4.69) is 9.88 Å². The third kappa shape index (κ3) is 4.57. The number of alkyl halides is 1. The fourth-order valence-electron chi connectivity index (χ4n) is 7.74. The van der Waals surface area contributed by atoms with Gasteiger partial charge in [-0.1, -0.05) is 11.6 Å². The number of rotatable bonds is 5. The van der Waals surface area contributed by atoms with Gasteiger partial charge in [0.05, 0.1) is 18.8 Å². The number of fused-ring (bicyclic) bond motifs is 2. The Labute approximate surface area is 253 Å². The predicted octanol–water partition coefficient (Wildman–Crippen LogP) is 5.26. The van der Waals surface area contributed by atoms with Crippen LogP contribution in [0.1, 0.15) is 50.0 Å². The van der Waals surface area contributed by atoms with Gasteiger partial charge in [0.2, 0.25) is 5.88 Å². The van der Waals surface area contributed by atoms with Crippen LogP contribution in [0.2, 0.25) is 5.02 Å². The van der Waals surface area contributed by atoms with Crippen molar-refractivity contribution in [3.05, 3.63) is 28.5 Å². The monoisotopic (exact) mass is 613 g/mol. The highest BCUT2D eigenvalue weighted by Crippen LogP contribution is 2.50. The predicted molar refractivity (Wildman–Crippen MR) is 157 cm³/mol. The smallest absolute Gasteiger partial charge is 0.319 e. The Kier molecular flexibility index (Phi) is 6.58. The average Bonchev–Trinajstić information content (AvgIpc) is 3.67. The number of phenols is 1. The molecule has 1 N–H and O–H groups in total. The molecule has 2 aromatic heterocycles. The highest BCUT2D eigenvalue weighted by molar-refractivity contribution is 6.32. The Morgan fingerprint density at radius 1 is 1.19 bits per heavy atom. The van der Waals surface area contributed by atoms with Crippen LogP contribution < -0.4 is 14.4 Å². The van der Waals surface area contributed by atoms with Crippen molar-refractivity contribution >= 4 is 28.3 Å². The van der Waals surface area contributed by atoms with Crippen LogP contribution in [0.15, 0.2) is 12.1 Å². The molecule has 4 atom stereocenters. The number of hydrogen-bond donors (Lipinski definition) is 1. The van der Waals surface area contributed by atoms with E-state index >= 15 is 4.39 Å². The molecule has 6 heterocycles. The van der Waals surface area contributed by atoms with Gasteiger partial charge in [0, 0.05) is 49.2 Å². The van der Waals surface area contributed by atoms with Gasteiger partial charge in [-0.2, -0.15) is 9.97 Å². The van der Waals surface area contributed by atoms with Gasteiger partial charge in [-0.3, -0.25) is 4.90 Å². The number of hydrogen-bond acceptors (Lipinski definition) is 9. The van der Waals surface area contributed by atoms with E-state index in [0.717, 1.165) is 44.2 Å². The van der Waals surface area contributed by atoms with Crippen LogP contribution in [0.4, 0.5) is 14.6 Å². The number of anilines is 1. The summed E-state index contributed by atoms with van der Waals surface area (Å²) in [6.45, 7) is 2.92. The molecule has 4 aliphatic heterocycles. The molecule has 2 unspecified atom stereocenters. The van der Waals surface area contributed by atoms with E-state index in [0.29, 0.717) is 54.6 Å². The van der Waals surface area contributed by atoms with E-state index in [9.17, 15) is 9.50 Å². The minimum atomic E-state index is -0.896. The van der Waals surface area contributed by atoms with Gasteiger partial charge >= 0.3 is 6.01 Å². The summed E-state index contributed by atoms with van der Waals surface area (Å²) < 4.78 is 49.6. The molecule has 1 aliphatic carbocycles. The molecule has 9 nitrogen and oxygen atoms in total. The van der Waals surface area contributed by atoms with Crippen molar-refractivity contribution < 1.29 is 28.1 Å². The standard InChI is InChI=1S/C31H34ClF2N5O4/c1-38-22-5-8-41-13-17(22)14-42-29-24-27(25(34)26(35-29)20-9-19(40)10-21(32)23(20)16-3-4-16)36-30(37-28(24)38)43-15-31-6-2-7-39(31)12-18(33)11-31/h9-10,16-18,22,40H,2-8,11-15H2,1H3/t17?,18-,22?,31+/m1/s1. The van der Waals surface area contributed by atoms with E-state index < -0.39 is 17.5 Å². The van der Waals surface area contributed by atoms with Crippen LogP contribution in [0, 0.1) is 11.7 Å². The molecule has 3 saturated heterocycles. The van der Waals surface area contributed by atoms with Crippen molar-refractivity contribution in [2.45, 2.75) is 62.2 Å². The third-order valence-electron chi connectivity index (χ3n) is 10.00. The van der Waals surface area contributed by atoms with E-state index in [1.54, 1.807) is 0 Å². The van der Waals surface area contributed by atoms with Gasteiger partial charge < -0.3 is 24.2 Å². The minimum Gasteiger partial charge on any atom is -0.508 e. The fraction of sp³-hybridized carbons (Fsp3) is 0.581. The lowest BCUT2D eigenvalue weighted by Crippen LogP contribution is -2.47. The van der Waals surface area contributed by atoms with Crippen LogP contribution in [0.3, 0.4) is 0 Å². The largest absolute Gasteiger partial charge is 0.508 e. The number of ether oxygens (including phenoxy) is 3. The molecule has 0 bridgehead atoms. The number of benzene rings is 1. The summed E-state index contributed by atoms with van der Waals surface area (Å²) in [5.74, 6) is 0.139. The number of aromatic nitrogens is 3. The lowest BCUT2D eigenvalue weighted by atomic mass is 9.94. The number of pyridine rings is 1. The zero-order valence-corrected chi connectivity index (χ0v) is 24.7. The summed E-state index contributed by atoms with van der Waals surface area (Å²) in [7, 11) is 1.94. The number of halogens is 3. The molecule has 5 aliphatic rings. The first-order valence-corrected chi connectivity index (χ1v) is 15.6. The summed E-state index contributed by atoms with van der Waals surface area (Å²) in [5.41, 5.74) is 0.802. The van der Waals surface area contributed by atoms with Crippen molar-refractivity contribution in [1.29, 1.82) is 0 Å². The first-order valence-electron chi connectivity index (χ1n) is 15.2. The maximum atomic E-state index is 16.8. The second-order valence-corrected chi connectivity index (χ2v) is 13.2. The summed E-state index contributed by atoms with van der Waals surface area (Å²) in [6, 6.07) is 3.06. The van der Waals surface area contributed by atoms with Gasteiger partial charge in [0.15, 0.2) is 5.82 Å². The lowest BCUT2D eigenvalue weighted by molar-refractivity contribution is 0.0200. The van der Waals surface area contributed by atoms with Crippen LogP contribution in [0.25, 0.3) is 22.2 Å². The molecule has 12 heteroatoms. The summed E-state index contributed by atoms with van der Waals surface area (Å²) in [5, 5.41) is 11.2. The molecule has 8 rings (SSSR count). The minimum absolute atomic E-state index is 0.00842. The van der Waals surface area contributed by atoms with E-state index in [1.807, 2.05) is 11.9 Å². The summed E-state index contributed by atoms with van der Waals surface area (Å²) in [6.07, 6.45) is 3.93. The summed E-state index contributed by atoms with van der Waals surface area (Å²) >= 11 is 6.59. The molecule has 0 spiro atoms. The van der Waals surface area contributed by atoms with Crippen LogP contribution in [-0.2, 0) is 4.74 Å². The Morgan fingerprint density at radius 2 is 2.05 bits per heavy atom. The highest BCUT2D eigenvalue weighted by atomic mass is 35.5. The topological polar surface area (TPSA) is 93.1 Å². The van der Waals surface area contributed by atoms with Crippen molar-refractivity contribution in [3.8, 4) is 28.9 Å². The van der Waals surface area contributed by atoms with Crippen LogP contribution in [-0.4, -0.2) is 89.3 Å². The van der Waals surface area contributed by atoms with Gasteiger partial charge in [-0.05, 0) is 62.3 Å². The Balaban J connectivity index is 1.29. The first kappa shape index (κ1) is 27.5. The highest BCUT2D eigenvalue weighted by Gasteiger charge is 2.49. The Morgan fingerprint density at radius 3 is 2.88 bits per heavy atom. The second-order valence-electron chi connectivity index (χ2n) is 12.8. The molecule has 43 heavy (non-hydrogen) atoms. The van der Waals surface area contributed by atoms with Crippen LogP contribution in [0.5, 0.6) is 17.6 Å². The molecule has 4 fully saturated rings. The maximum absolute atomic E-state index is 16.8. The van der Waals surface area contributed by atoms with Gasteiger partial charge in [-0.25, -0.2) is 13.8 Å². The van der Waals surface area contributed by atoms with Crippen molar-refractivity contribution in [3.63, 3.8) is 0 Å². The van der Waals surface area contributed by atoms with E-state index in [4.69, 9.17) is 35.8 Å². The van der Waals surface area contributed by atoms with Crippen molar-refractivity contribution in [1.82, 2.24) is 19.9 Å². The second kappa shape index (κ2) is 10.3. The van der Waals surface area contributed by atoms with Gasteiger partial charge in [0.25, 0.3) is 0 Å². The molecule has 228 valence electrons. The van der Waals surface area contributed by atoms with E-state index in [-0.39, 0.29) is 53.3 Å². The average molecular weight is 614 g/mol. The summed E-state index contributed by atoms with van der Waals surface area (Å²) in [4.78, 5) is 18.4. The zero-order chi connectivity index (χ0) is 29.5. The molecule has 0 amide bonds. The maximum Gasteiger partial charge on any atom is 0.319 e. The van der Waals surface area contributed by atoms with Gasteiger partial charge in [-0.15, -0.1) is 0 Å². The fourth-order valence-corrected chi connectivity index (χ4v) is 8.11. The zero-order valence-electron chi connectivity index (χ0n) is 24.0. The molecular formula is C31H34ClF2N5O4. The SMILES string of the molecule is CN1c2nc(OC[C@@]34CCCN3C[C@H](F)C4)nc3c(F)c(-c4cc(O)cc(Cl)c4C4CC4)nc(c23)OCC2COCCC21. The molecule has 3 aromatic rings. The normalized spacial score (nSPS) is 28.7. The van der Waals surface area contributed by atoms with Crippen molar-refractivity contribution in [2.75, 3.05) is 51.5 Å². The van der Waals surface area contributed by atoms with Gasteiger partial charge in [0.1, 0.15) is 40.9 Å². The Hall–Kier alpha value is -3.02. The molecule has 0 radical (unpaired) electrons. The number of aromatic hydroxyl groups is 1. The number of phenolic OH excluding ortho intramolecular Hbond substituents is 1. The Bertz CT molecular complexity index is 1610. The number of nitrogens with zero attached hydrogens (tertiary/aromatic N) is 5. The van der Waals surface area contributed by atoms with Crippen molar-refractivity contribution in [2.24, 2.45) is 5.92 Å². The molecule has 1 aromatic carbocycles. The molecular weight excluding hydrogens is 580 g/mol.